The van der Waals surface area contributed by atoms with Crippen molar-refractivity contribution in [3.63, 3.8) is 0 Å². The van der Waals surface area contributed by atoms with Gasteiger partial charge < -0.3 is 9.53 Å². The maximum atomic E-state index is 10.7. The van der Waals surface area contributed by atoms with E-state index in [1.165, 1.54) is 0 Å². The van der Waals surface area contributed by atoms with Crippen molar-refractivity contribution in [3.05, 3.63) is 0 Å². The van der Waals surface area contributed by atoms with Crippen molar-refractivity contribution in [1.29, 1.82) is 0 Å². The van der Waals surface area contributed by atoms with Gasteiger partial charge in [0, 0.05) is 0 Å². The highest BCUT2D eigenvalue weighted by Crippen LogP contribution is 2.21. The summed E-state index contributed by atoms with van der Waals surface area (Å²) in [7, 11) is 0. The molecule has 0 N–H and O–H groups in total. The van der Waals surface area contributed by atoms with Gasteiger partial charge in [-0.1, -0.05) is 0 Å². The summed E-state index contributed by atoms with van der Waals surface area (Å²) in [6, 6.07) is 0. The molecule has 2 atom stereocenters. The van der Waals surface area contributed by atoms with Gasteiger partial charge in [-0.3, -0.25) is 9.59 Å². The van der Waals surface area contributed by atoms with Crippen LogP contribution in [0.25, 0.3) is 0 Å². The van der Waals surface area contributed by atoms with Crippen LogP contribution in [-0.2, 0) is 19.1 Å². The zero-order chi connectivity index (χ0) is 8.43. The molecular formula is C6H5ClO4. The van der Waals surface area contributed by atoms with Crippen LogP contribution in [0, 0.1) is 5.92 Å². The molecule has 1 aliphatic rings. The molecule has 0 bridgehead atoms. The first-order chi connectivity index (χ1) is 5.15. The summed E-state index contributed by atoms with van der Waals surface area (Å²) >= 11 is 5.41. The first kappa shape index (κ1) is 8.20. The third kappa shape index (κ3) is 1.57. The largest absolute Gasteiger partial charge is 0.393 e. The number of halogens is 1. The molecule has 1 fully saturated rings. The minimum atomic E-state index is -0.950. The Morgan fingerprint density at radius 2 is 2.27 bits per heavy atom. The molecule has 0 aliphatic carbocycles. The second-order valence-corrected chi connectivity index (χ2v) is 2.69. The van der Waals surface area contributed by atoms with E-state index in [0.717, 1.165) is 0 Å². The summed E-state index contributed by atoms with van der Waals surface area (Å²) in [6.07, 6.45) is 0.331. The Balaban J connectivity index is 2.66. The van der Waals surface area contributed by atoms with E-state index in [9.17, 15) is 14.4 Å². The minimum Gasteiger partial charge on any atom is -0.393 e. The Morgan fingerprint density at radius 1 is 1.64 bits per heavy atom. The van der Waals surface area contributed by atoms with Gasteiger partial charge in [0.2, 0.25) is 0 Å². The lowest BCUT2D eigenvalue weighted by atomic mass is 10.1. The summed E-state index contributed by atoms with van der Waals surface area (Å²) < 4.78 is 4.18. The topological polar surface area (TPSA) is 60.4 Å². The van der Waals surface area contributed by atoms with Crippen molar-refractivity contribution in [2.75, 3.05) is 0 Å². The minimum absolute atomic E-state index is 0.0915. The van der Waals surface area contributed by atoms with Gasteiger partial charge in [-0.25, -0.2) is 0 Å². The number of hydrogen-bond acceptors (Lipinski definition) is 4. The van der Waals surface area contributed by atoms with Crippen LogP contribution in [0.5, 0.6) is 0 Å². The lowest BCUT2D eigenvalue weighted by Crippen LogP contribution is -2.20. The fourth-order valence-corrected chi connectivity index (χ4v) is 1.02. The highest BCUT2D eigenvalue weighted by atomic mass is 35.5. The number of hydrogen-bond donors (Lipinski definition) is 0. The summed E-state index contributed by atoms with van der Waals surface area (Å²) in [6.45, 7) is 0. The number of esters is 2. The molecule has 1 rings (SSSR count). The molecule has 0 aromatic heterocycles. The number of aldehydes is 1. The molecule has 4 nitrogen and oxygen atoms in total. The second-order valence-electron chi connectivity index (χ2n) is 2.18. The van der Waals surface area contributed by atoms with E-state index < -0.39 is 23.2 Å². The van der Waals surface area contributed by atoms with E-state index in [1.807, 2.05) is 0 Å². The molecule has 60 valence electrons. The molecule has 0 spiro atoms. The lowest BCUT2D eigenvalue weighted by molar-refractivity contribution is -0.153. The van der Waals surface area contributed by atoms with Crippen LogP contribution in [0.2, 0.25) is 0 Å². The molecule has 2 unspecified atom stereocenters. The van der Waals surface area contributed by atoms with Crippen molar-refractivity contribution >= 4 is 29.8 Å². The summed E-state index contributed by atoms with van der Waals surface area (Å²) in [5, 5.41) is -0.950. The molecule has 1 heterocycles. The second kappa shape index (κ2) is 3.00. The SMILES string of the molecule is O=CC(Cl)C1CC(=O)OC1=O. The maximum absolute atomic E-state index is 10.7. The van der Waals surface area contributed by atoms with Crippen molar-refractivity contribution in [1.82, 2.24) is 0 Å². The number of alkyl halides is 1. The van der Waals surface area contributed by atoms with Crippen molar-refractivity contribution < 1.29 is 19.1 Å². The van der Waals surface area contributed by atoms with Crippen LogP contribution in [0.15, 0.2) is 0 Å². The predicted molar refractivity (Wildman–Crippen MR) is 34.9 cm³/mol. The molecular weight excluding hydrogens is 172 g/mol. The molecule has 5 heteroatoms. The molecule has 0 radical (unpaired) electrons. The van der Waals surface area contributed by atoms with E-state index in [1.54, 1.807) is 0 Å². The van der Waals surface area contributed by atoms with Gasteiger partial charge in [0.25, 0.3) is 0 Å². The Bertz CT molecular complexity index is 213. The third-order valence-corrected chi connectivity index (χ3v) is 1.83. The Labute approximate surface area is 67.5 Å². The van der Waals surface area contributed by atoms with Gasteiger partial charge in [-0.05, 0) is 0 Å². The first-order valence-corrected chi connectivity index (χ1v) is 3.42. The number of cyclic esters (lactones) is 2. The lowest BCUT2D eigenvalue weighted by Gasteiger charge is -2.02. The van der Waals surface area contributed by atoms with E-state index in [-0.39, 0.29) is 6.42 Å². The average molecular weight is 177 g/mol. The number of rotatable bonds is 2. The molecule has 0 saturated carbocycles. The molecule has 0 aromatic rings. The highest BCUT2D eigenvalue weighted by Gasteiger charge is 2.38. The number of carbonyl (C=O) groups excluding carboxylic acids is 3. The summed E-state index contributed by atoms with van der Waals surface area (Å²) in [5.74, 6) is -2.11. The normalized spacial score (nSPS) is 26.5. The van der Waals surface area contributed by atoms with Crippen molar-refractivity contribution in [2.24, 2.45) is 5.92 Å². The Hall–Kier alpha value is -0.900. The van der Waals surface area contributed by atoms with Gasteiger partial charge >= 0.3 is 11.9 Å². The molecule has 1 aliphatic heterocycles. The van der Waals surface area contributed by atoms with Crippen LogP contribution in [0.3, 0.4) is 0 Å². The summed E-state index contributed by atoms with van der Waals surface area (Å²) in [4.78, 5) is 31.3. The van der Waals surface area contributed by atoms with Crippen LogP contribution in [-0.4, -0.2) is 23.6 Å². The van der Waals surface area contributed by atoms with E-state index in [0.29, 0.717) is 6.29 Å². The third-order valence-electron chi connectivity index (χ3n) is 1.42. The van der Waals surface area contributed by atoms with E-state index in [2.05, 4.69) is 4.74 Å². The molecule has 0 amide bonds. The number of ether oxygens (including phenoxy) is 1. The van der Waals surface area contributed by atoms with Gasteiger partial charge in [-0.2, -0.15) is 0 Å². The van der Waals surface area contributed by atoms with Crippen LogP contribution in [0.4, 0.5) is 0 Å². The fourth-order valence-electron chi connectivity index (χ4n) is 0.830. The predicted octanol–water partition coefficient (Wildman–Crippen LogP) is -0.118. The van der Waals surface area contributed by atoms with Crippen molar-refractivity contribution in [3.8, 4) is 0 Å². The molecule has 1 saturated heterocycles. The van der Waals surface area contributed by atoms with E-state index in [4.69, 9.17) is 11.6 Å². The van der Waals surface area contributed by atoms with Gasteiger partial charge in [0.15, 0.2) is 0 Å². The van der Waals surface area contributed by atoms with E-state index >= 15 is 0 Å². The molecule has 11 heavy (non-hydrogen) atoms. The highest BCUT2D eigenvalue weighted by molar-refractivity contribution is 6.29. The molecule has 0 aromatic carbocycles. The Kier molecular flexibility index (Phi) is 2.24. The maximum Gasteiger partial charge on any atom is 0.319 e. The number of carbonyl (C=O) groups is 3. The van der Waals surface area contributed by atoms with Gasteiger partial charge in [0.1, 0.15) is 11.7 Å². The summed E-state index contributed by atoms with van der Waals surface area (Å²) in [5.41, 5.74) is 0. The van der Waals surface area contributed by atoms with Gasteiger partial charge in [0.05, 0.1) is 12.3 Å². The van der Waals surface area contributed by atoms with Crippen LogP contribution in [0.1, 0.15) is 6.42 Å². The smallest absolute Gasteiger partial charge is 0.319 e. The zero-order valence-electron chi connectivity index (χ0n) is 5.45. The first-order valence-electron chi connectivity index (χ1n) is 2.99. The quantitative estimate of drug-likeness (QED) is 0.255. The van der Waals surface area contributed by atoms with Gasteiger partial charge in [-0.15, -0.1) is 11.6 Å². The van der Waals surface area contributed by atoms with Crippen LogP contribution < -0.4 is 0 Å². The Morgan fingerprint density at radius 3 is 2.64 bits per heavy atom. The van der Waals surface area contributed by atoms with Crippen LogP contribution >= 0.6 is 11.6 Å². The zero-order valence-corrected chi connectivity index (χ0v) is 6.21. The standard InChI is InChI=1S/C6H5ClO4/c7-4(2-8)3-1-5(9)11-6(3)10/h2-4H,1H2. The average Bonchev–Trinajstić information content (AvgIpc) is 2.28. The fraction of sp³-hybridized carbons (Fsp3) is 0.500. The van der Waals surface area contributed by atoms with Crippen molar-refractivity contribution in [2.45, 2.75) is 11.8 Å². The monoisotopic (exact) mass is 176 g/mol.